The fourth-order valence-corrected chi connectivity index (χ4v) is 2.73. The minimum Gasteiger partial charge on any atom is -0.497 e. The molecule has 0 saturated heterocycles. The van der Waals surface area contributed by atoms with Crippen LogP contribution < -0.4 is 15.4 Å². The average Bonchev–Trinajstić information content (AvgIpc) is 3.09. The van der Waals surface area contributed by atoms with Crippen molar-refractivity contribution in [3.05, 3.63) is 29.6 Å². The van der Waals surface area contributed by atoms with E-state index in [1.54, 1.807) is 20.2 Å². The van der Waals surface area contributed by atoms with Crippen LogP contribution in [0.2, 0.25) is 0 Å². The molecule has 7 heteroatoms. The summed E-state index contributed by atoms with van der Waals surface area (Å²) in [6.07, 6.45) is 4.58. The summed E-state index contributed by atoms with van der Waals surface area (Å²) >= 11 is 0. The molecule has 0 bridgehead atoms. The largest absolute Gasteiger partial charge is 0.497 e. The maximum atomic E-state index is 13.6. The van der Waals surface area contributed by atoms with Crippen LogP contribution in [0, 0.1) is 5.82 Å². The first kappa shape index (κ1) is 19.0. The Bertz CT molecular complexity index is 613. The van der Waals surface area contributed by atoms with E-state index in [1.165, 1.54) is 37.0 Å². The van der Waals surface area contributed by atoms with Gasteiger partial charge in [-0.3, -0.25) is 4.79 Å². The minimum absolute atomic E-state index is 0.0339. The van der Waals surface area contributed by atoms with Crippen molar-refractivity contribution < 1.29 is 13.9 Å². The van der Waals surface area contributed by atoms with Crippen molar-refractivity contribution in [2.75, 3.05) is 27.7 Å². The van der Waals surface area contributed by atoms with E-state index >= 15 is 0 Å². The molecule has 1 fully saturated rings. The lowest BCUT2D eigenvalue weighted by Gasteiger charge is -2.18. The Morgan fingerprint density at radius 1 is 1.32 bits per heavy atom. The van der Waals surface area contributed by atoms with E-state index in [0.29, 0.717) is 29.9 Å². The quantitative estimate of drug-likeness (QED) is 0.607. The van der Waals surface area contributed by atoms with Crippen LogP contribution in [-0.2, 0) is 11.3 Å². The van der Waals surface area contributed by atoms with E-state index in [-0.39, 0.29) is 18.3 Å². The number of rotatable bonds is 6. The molecule has 2 rings (SSSR count). The fraction of sp³-hybridized carbons (Fsp3) is 0.556. The molecule has 0 aliphatic heterocycles. The zero-order valence-electron chi connectivity index (χ0n) is 15.1. The standard InChI is InChI=1S/C18H27FN4O2/c1-23(2)17(24)12-21-18(22-15-6-4-5-7-15)20-11-13-8-14(19)10-16(9-13)25-3/h8-10,15H,4-7,11-12H2,1-3H3,(H2,20,21,22). The molecule has 6 nitrogen and oxygen atoms in total. The molecule has 2 N–H and O–H groups in total. The van der Waals surface area contributed by atoms with E-state index in [4.69, 9.17) is 4.74 Å². The normalized spacial score (nSPS) is 15.1. The summed E-state index contributed by atoms with van der Waals surface area (Å²) in [5, 5.41) is 6.43. The summed E-state index contributed by atoms with van der Waals surface area (Å²) in [6.45, 7) is 0.463. The molecule has 138 valence electrons. The number of amides is 1. The maximum absolute atomic E-state index is 13.6. The van der Waals surface area contributed by atoms with Crippen molar-refractivity contribution in [3.8, 4) is 5.75 Å². The highest BCUT2D eigenvalue weighted by Crippen LogP contribution is 2.18. The number of halogens is 1. The third-order valence-corrected chi connectivity index (χ3v) is 4.19. The molecule has 0 heterocycles. The van der Waals surface area contributed by atoms with E-state index in [0.717, 1.165) is 12.8 Å². The van der Waals surface area contributed by atoms with Crippen molar-refractivity contribution >= 4 is 11.9 Å². The Kier molecular flexibility index (Phi) is 7.03. The van der Waals surface area contributed by atoms with E-state index in [1.807, 2.05) is 0 Å². The second-order valence-corrected chi connectivity index (χ2v) is 6.43. The van der Waals surface area contributed by atoms with Crippen molar-refractivity contribution in [1.82, 2.24) is 15.5 Å². The van der Waals surface area contributed by atoms with Gasteiger partial charge in [0.15, 0.2) is 5.96 Å². The molecule has 1 aromatic carbocycles. The maximum Gasteiger partial charge on any atom is 0.241 e. The van der Waals surface area contributed by atoms with E-state index in [9.17, 15) is 9.18 Å². The fourth-order valence-electron chi connectivity index (χ4n) is 2.73. The minimum atomic E-state index is -0.356. The second-order valence-electron chi connectivity index (χ2n) is 6.43. The number of benzene rings is 1. The summed E-state index contributed by atoms with van der Waals surface area (Å²) < 4.78 is 18.7. The number of guanidine groups is 1. The van der Waals surface area contributed by atoms with Gasteiger partial charge >= 0.3 is 0 Å². The van der Waals surface area contributed by atoms with Gasteiger partial charge in [0.05, 0.1) is 20.2 Å². The number of likely N-dealkylation sites (N-methyl/N-ethyl adjacent to an activating group) is 1. The molecule has 0 aromatic heterocycles. The van der Waals surface area contributed by atoms with Gasteiger partial charge < -0.3 is 20.3 Å². The Morgan fingerprint density at radius 3 is 2.68 bits per heavy atom. The molecule has 1 saturated carbocycles. The van der Waals surface area contributed by atoms with Crippen LogP contribution in [0.15, 0.2) is 23.2 Å². The molecule has 0 spiro atoms. The molecular weight excluding hydrogens is 323 g/mol. The zero-order chi connectivity index (χ0) is 18.2. The lowest BCUT2D eigenvalue weighted by molar-refractivity contribution is -0.127. The van der Waals surface area contributed by atoms with E-state index < -0.39 is 0 Å². The van der Waals surface area contributed by atoms with Gasteiger partial charge in [-0.1, -0.05) is 12.8 Å². The predicted octanol–water partition coefficient (Wildman–Crippen LogP) is 1.90. The van der Waals surface area contributed by atoms with Gasteiger partial charge in [0, 0.05) is 26.2 Å². The van der Waals surface area contributed by atoms with Crippen LogP contribution in [-0.4, -0.2) is 50.6 Å². The molecule has 25 heavy (non-hydrogen) atoms. The zero-order valence-corrected chi connectivity index (χ0v) is 15.1. The van der Waals surface area contributed by atoms with Crippen LogP contribution >= 0.6 is 0 Å². The third-order valence-electron chi connectivity index (χ3n) is 4.19. The molecule has 0 atom stereocenters. The van der Waals surface area contributed by atoms with Gasteiger partial charge in [0.1, 0.15) is 11.6 Å². The summed E-state index contributed by atoms with van der Waals surface area (Å²) in [5.74, 6) is 0.649. The molecule has 0 unspecified atom stereocenters. The van der Waals surface area contributed by atoms with Crippen molar-refractivity contribution in [3.63, 3.8) is 0 Å². The summed E-state index contributed by atoms with van der Waals surface area (Å²) in [5.41, 5.74) is 0.711. The van der Waals surface area contributed by atoms with Gasteiger partial charge in [0.2, 0.25) is 5.91 Å². The Balaban J connectivity index is 2.05. The van der Waals surface area contributed by atoms with E-state index in [2.05, 4.69) is 15.6 Å². The van der Waals surface area contributed by atoms with Crippen molar-refractivity contribution in [2.24, 2.45) is 4.99 Å². The number of nitrogens with one attached hydrogen (secondary N) is 2. The van der Waals surface area contributed by atoms with Crippen LogP contribution in [0.5, 0.6) is 5.75 Å². The highest BCUT2D eigenvalue weighted by atomic mass is 19.1. The first-order chi connectivity index (χ1) is 12.0. The van der Waals surface area contributed by atoms with Crippen LogP contribution in [0.3, 0.4) is 0 Å². The van der Waals surface area contributed by atoms with Crippen LogP contribution in [0.25, 0.3) is 0 Å². The monoisotopic (exact) mass is 350 g/mol. The first-order valence-electron chi connectivity index (χ1n) is 8.56. The number of hydrogen-bond acceptors (Lipinski definition) is 3. The van der Waals surface area contributed by atoms with Crippen molar-refractivity contribution in [1.29, 1.82) is 0 Å². The highest BCUT2D eigenvalue weighted by Gasteiger charge is 2.16. The molecule has 0 radical (unpaired) electrons. The van der Waals surface area contributed by atoms with Gasteiger partial charge in [-0.15, -0.1) is 0 Å². The lowest BCUT2D eigenvalue weighted by atomic mass is 10.2. The summed E-state index contributed by atoms with van der Waals surface area (Å²) in [6, 6.07) is 4.89. The first-order valence-corrected chi connectivity index (χ1v) is 8.56. The smallest absolute Gasteiger partial charge is 0.241 e. The van der Waals surface area contributed by atoms with Gasteiger partial charge in [-0.05, 0) is 30.5 Å². The number of ether oxygens (including phenoxy) is 1. The number of carbonyl (C=O) groups excluding carboxylic acids is 1. The van der Waals surface area contributed by atoms with Gasteiger partial charge in [0.25, 0.3) is 0 Å². The molecular formula is C18H27FN4O2. The average molecular weight is 350 g/mol. The molecule has 1 aliphatic rings. The highest BCUT2D eigenvalue weighted by molar-refractivity contribution is 5.86. The molecule has 1 amide bonds. The van der Waals surface area contributed by atoms with Crippen LogP contribution in [0.4, 0.5) is 4.39 Å². The van der Waals surface area contributed by atoms with Gasteiger partial charge in [-0.2, -0.15) is 0 Å². The Morgan fingerprint density at radius 2 is 2.04 bits per heavy atom. The predicted molar refractivity (Wildman–Crippen MR) is 96.2 cm³/mol. The molecule has 1 aromatic rings. The Hall–Kier alpha value is -2.31. The van der Waals surface area contributed by atoms with Gasteiger partial charge in [-0.25, -0.2) is 9.38 Å². The summed E-state index contributed by atoms with van der Waals surface area (Å²) in [7, 11) is 4.93. The molecule has 1 aliphatic carbocycles. The van der Waals surface area contributed by atoms with Crippen molar-refractivity contribution in [2.45, 2.75) is 38.3 Å². The topological polar surface area (TPSA) is 66.0 Å². The number of hydrogen-bond donors (Lipinski definition) is 2. The number of nitrogens with zero attached hydrogens (tertiary/aromatic N) is 2. The SMILES string of the molecule is COc1cc(F)cc(CN=C(NCC(=O)N(C)C)NC2CCCC2)c1. The number of methoxy groups -OCH3 is 1. The van der Waals surface area contributed by atoms with Crippen LogP contribution in [0.1, 0.15) is 31.2 Å². The number of aliphatic imine (C=N–C) groups is 1. The number of carbonyl (C=O) groups is 1. The summed E-state index contributed by atoms with van der Waals surface area (Å²) in [4.78, 5) is 17.8. The Labute approximate surface area is 148 Å². The third kappa shape index (κ3) is 6.25. The lowest BCUT2D eigenvalue weighted by Crippen LogP contribution is -2.46. The second kappa shape index (κ2) is 9.25.